The summed E-state index contributed by atoms with van der Waals surface area (Å²) < 4.78 is 13.0. The van der Waals surface area contributed by atoms with Crippen LogP contribution in [0.3, 0.4) is 0 Å². The van der Waals surface area contributed by atoms with Gasteiger partial charge in [0.2, 0.25) is 0 Å². The molecule has 0 saturated carbocycles. The SMILES string of the molecule is COCc1noc(=O)o1. The van der Waals surface area contributed by atoms with Crippen LogP contribution in [-0.4, -0.2) is 12.3 Å². The third kappa shape index (κ3) is 1.39. The van der Waals surface area contributed by atoms with E-state index in [-0.39, 0.29) is 12.5 Å². The molecule has 0 spiro atoms. The van der Waals surface area contributed by atoms with E-state index in [9.17, 15) is 4.79 Å². The third-order valence-corrected chi connectivity index (χ3v) is 0.691. The lowest BCUT2D eigenvalue weighted by atomic mass is 10.7. The van der Waals surface area contributed by atoms with E-state index in [4.69, 9.17) is 0 Å². The highest BCUT2D eigenvalue weighted by atomic mass is 16.6. The smallest absolute Gasteiger partial charge is 0.375 e. The largest absolute Gasteiger partial charge is 0.542 e. The molecule has 1 aromatic rings. The Kier molecular flexibility index (Phi) is 1.64. The van der Waals surface area contributed by atoms with Crippen LogP contribution in [0.25, 0.3) is 0 Å². The molecule has 0 saturated heterocycles. The Morgan fingerprint density at radius 1 is 1.78 bits per heavy atom. The minimum atomic E-state index is -0.804. The molecule has 1 aromatic heterocycles. The quantitative estimate of drug-likeness (QED) is 0.554. The highest BCUT2D eigenvalue weighted by Crippen LogP contribution is 1.89. The number of ether oxygens (including phenoxy) is 1. The van der Waals surface area contributed by atoms with Crippen molar-refractivity contribution in [1.82, 2.24) is 5.16 Å². The Bertz CT molecular complexity index is 224. The van der Waals surface area contributed by atoms with Gasteiger partial charge in [-0.3, -0.25) is 4.52 Å². The predicted octanol–water partition coefficient (Wildman–Crippen LogP) is -0.226. The number of nitrogens with zero attached hydrogens (tertiary/aromatic N) is 1. The molecule has 0 aromatic carbocycles. The van der Waals surface area contributed by atoms with Gasteiger partial charge in [0.25, 0.3) is 5.89 Å². The average molecular weight is 131 g/mol. The van der Waals surface area contributed by atoms with Gasteiger partial charge in [-0.1, -0.05) is 0 Å². The summed E-state index contributed by atoms with van der Waals surface area (Å²) in [5.74, 6) is -0.649. The van der Waals surface area contributed by atoms with Crippen LogP contribution in [0.15, 0.2) is 13.7 Å². The second kappa shape index (κ2) is 2.45. The number of hydrogen-bond acceptors (Lipinski definition) is 5. The van der Waals surface area contributed by atoms with Gasteiger partial charge in [0.1, 0.15) is 6.61 Å². The first-order valence-corrected chi connectivity index (χ1v) is 2.27. The van der Waals surface area contributed by atoms with Crippen LogP contribution in [0.4, 0.5) is 0 Å². The first-order chi connectivity index (χ1) is 4.33. The minimum Gasteiger partial charge on any atom is -0.375 e. The number of aromatic nitrogens is 1. The minimum absolute atomic E-state index is 0.155. The zero-order valence-corrected chi connectivity index (χ0v) is 4.79. The molecule has 5 nitrogen and oxygen atoms in total. The van der Waals surface area contributed by atoms with Crippen molar-refractivity contribution in [1.29, 1.82) is 0 Å². The van der Waals surface area contributed by atoms with E-state index in [1.54, 1.807) is 0 Å². The average Bonchev–Trinajstić information content (AvgIpc) is 2.17. The second-order valence-electron chi connectivity index (χ2n) is 1.36. The summed E-state index contributed by atoms with van der Waals surface area (Å²) in [5, 5.41) is 3.23. The van der Waals surface area contributed by atoms with E-state index in [1.165, 1.54) is 7.11 Å². The van der Waals surface area contributed by atoms with Crippen molar-refractivity contribution in [3.63, 3.8) is 0 Å². The highest BCUT2D eigenvalue weighted by molar-refractivity contribution is 4.63. The summed E-state index contributed by atoms with van der Waals surface area (Å²) in [7, 11) is 1.47. The fraction of sp³-hybridized carbons (Fsp3) is 0.500. The Balaban J connectivity index is 2.73. The van der Waals surface area contributed by atoms with E-state index in [0.717, 1.165) is 0 Å². The molecule has 1 rings (SSSR count). The first-order valence-electron chi connectivity index (χ1n) is 2.27. The van der Waals surface area contributed by atoms with Crippen molar-refractivity contribution in [2.75, 3.05) is 7.11 Å². The summed E-state index contributed by atoms with van der Waals surface area (Å²) in [6, 6.07) is 0. The fourth-order valence-corrected chi connectivity index (χ4v) is 0.401. The molecule has 0 aliphatic heterocycles. The summed E-state index contributed by atoms with van der Waals surface area (Å²) in [6.07, 6.45) is 0. The van der Waals surface area contributed by atoms with Gasteiger partial charge in [0.05, 0.1) is 0 Å². The van der Waals surface area contributed by atoms with E-state index < -0.39 is 5.82 Å². The summed E-state index contributed by atoms with van der Waals surface area (Å²) >= 11 is 0. The maximum Gasteiger partial charge on any atom is 0.542 e. The Morgan fingerprint density at radius 3 is 3.00 bits per heavy atom. The maximum absolute atomic E-state index is 10.1. The Labute approximate surface area is 50.2 Å². The number of hydrogen-bond donors (Lipinski definition) is 0. The molecule has 0 radical (unpaired) electrons. The van der Waals surface area contributed by atoms with E-state index >= 15 is 0 Å². The molecule has 0 fully saturated rings. The Hall–Kier alpha value is -1.10. The zero-order chi connectivity index (χ0) is 6.69. The molecule has 5 heteroatoms. The third-order valence-electron chi connectivity index (χ3n) is 0.691. The van der Waals surface area contributed by atoms with Gasteiger partial charge in [-0.05, 0) is 5.16 Å². The van der Waals surface area contributed by atoms with Crippen LogP contribution in [-0.2, 0) is 11.3 Å². The standard InChI is InChI=1S/C4H5NO4/c1-7-2-3-5-9-4(6)8-3/h2H2,1H3. The second-order valence-corrected chi connectivity index (χ2v) is 1.36. The zero-order valence-electron chi connectivity index (χ0n) is 4.79. The predicted molar refractivity (Wildman–Crippen MR) is 25.8 cm³/mol. The van der Waals surface area contributed by atoms with Crippen LogP contribution >= 0.6 is 0 Å². The van der Waals surface area contributed by atoms with Crippen molar-refractivity contribution in [3.05, 3.63) is 16.5 Å². The monoisotopic (exact) mass is 131 g/mol. The van der Waals surface area contributed by atoms with Gasteiger partial charge in [-0.25, -0.2) is 4.79 Å². The van der Waals surface area contributed by atoms with Gasteiger partial charge >= 0.3 is 5.82 Å². The summed E-state index contributed by atoms with van der Waals surface area (Å²) in [6.45, 7) is 0.158. The fourth-order valence-electron chi connectivity index (χ4n) is 0.401. The van der Waals surface area contributed by atoms with Crippen molar-refractivity contribution in [2.45, 2.75) is 6.61 Å². The van der Waals surface area contributed by atoms with Crippen LogP contribution in [0.1, 0.15) is 5.89 Å². The normalized spacial score (nSPS) is 9.89. The maximum atomic E-state index is 10.1. The molecule has 0 unspecified atom stereocenters. The topological polar surface area (TPSA) is 65.5 Å². The van der Waals surface area contributed by atoms with E-state index in [2.05, 4.69) is 18.8 Å². The molecule has 0 aliphatic rings. The Morgan fingerprint density at radius 2 is 2.56 bits per heavy atom. The van der Waals surface area contributed by atoms with Crippen LogP contribution < -0.4 is 5.82 Å². The molecule has 0 aliphatic carbocycles. The lowest BCUT2D eigenvalue weighted by Crippen LogP contribution is -1.88. The molecule has 1 heterocycles. The number of rotatable bonds is 2. The van der Waals surface area contributed by atoms with Crippen LogP contribution in [0.5, 0.6) is 0 Å². The molecule has 50 valence electrons. The summed E-state index contributed by atoms with van der Waals surface area (Å²) in [5.41, 5.74) is 0. The van der Waals surface area contributed by atoms with Gasteiger partial charge in [-0.2, -0.15) is 0 Å². The molecule has 0 N–H and O–H groups in total. The lowest BCUT2D eigenvalue weighted by molar-refractivity contribution is 0.158. The number of methoxy groups -OCH3 is 1. The molecule has 9 heavy (non-hydrogen) atoms. The molecular weight excluding hydrogens is 126 g/mol. The van der Waals surface area contributed by atoms with Gasteiger partial charge in [-0.15, -0.1) is 0 Å². The van der Waals surface area contributed by atoms with Gasteiger partial charge in [0, 0.05) is 7.11 Å². The van der Waals surface area contributed by atoms with Crippen molar-refractivity contribution < 1.29 is 13.7 Å². The van der Waals surface area contributed by atoms with Crippen molar-refractivity contribution in [3.8, 4) is 0 Å². The molecule has 0 amide bonds. The lowest BCUT2D eigenvalue weighted by Gasteiger charge is -1.84. The van der Waals surface area contributed by atoms with E-state index in [0.29, 0.717) is 0 Å². The van der Waals surface area contributed by atoms with Gasteiger partial charge in [0.15, 0.2) is 0 Å². The molecular formula is C4H5NO4. The first kappa shape index (κ1) is 6.03. The van der Waals surface area contributed by atoms with Crippen molar-refractivity contribution >= 4 is 0 Å². The van der Waals surface area contributed by atoms with Crippen molar-refractivity contribution in [2.24, 2.45) is 0 Å². The van der Waals surface area contributed by atoms with Gasteiger partial charge < -0.3 is 9.15 Å². The summed E-state index contributed by atoms with van der Waals surface area (Å²) in [4.78, 5) is 10.1. The van der Waals surface area contributed by atoms with Crippen LogP contribution in [0.2, 0.25) is 0 Å². The van der Waals surface area contributed by atoms with Crippen LogP contribution in [0, 0.1) is 0 Å². The van der Waals surface area contributed by atoms with E-state index in [1.807, 2.05) is 0 Å². The highest BCUT2D eigenvalue weighted by Gasteiger charge is 1.99. The molecule has 0 bridgehead atoms. The molecule has 0 atom stereocenters.